The fourth-order valence-electron chi connectivity index (χ4n) is 1.55. The number of rotatable bonds is 6. The fourth-order valence-corrected chi connectivity index (χ4v) is 1.55. The minimum Gasteiger partial charge on any atom is -0.444 e. The zero-order valence-electron chi connectivity index (χ0n) is 11.8. The highest BCUT2D eigenvalue weighted by atomic mass is 16.7. The van der Waals surface area contributed by atoms with Crippen molar-refractivity contribution >= 4 is 6.09 Å². The van der Waals surface area contributed by atoms with Crippen LogP contribution < -0.4 is 10.6 Å². The van der Waals surface area contributed by atoms with Gasteiger partial charge in [-0.3, -0.25) is 0 Å². The molecule has 1 fully saturated rings. The van der Waals surface area contributed by atoms with Crippen LogP contribution in [0.3, 0.4) is 0 Å². The molecule has 1 aliphatic rings. The fraction of sp³-hybridized carbons (Fsp3) is 0.917. The summed E-state index contributed by atoms with van der Waals surface area (Å²) in [5.74, 6) is 0. The molecule has 1 aliphatic carbocycles. The van der Waals surface area contributed by atoms with Gasteiger partial charge in [0.05, 0.1) is 0 Å². The summed E-state index contributed by atoms with van der Waals surface area (Å²) in [6.07, 6.45) is 0.277. The maximum Gasteiger partial charge on any atom is 0.407 e. The van der Waals surface area contributed by atoms with Gasteiger partial charge in [0, 0.05) is 32.8 Å². The number of alkyl carbamates (subject to hydrolysis) is 1. The summed E-state index contributed by atoms with van der Waals surface area (Å²) in [6, 6.07) is 0.402. The van der Waals surface area contributed by atoms with E-state index in [4.69, 9.17) is 14.2 Å². The van der Waals surface area contributed by atoms with Crippen LogP contribution in [0.25, 0.3) is 0 Å². The molecule has 0 bridgehead atoms. The van der Waals surface area contributed by atoms with E-state index in [-0.39, 0.29) is 24.5 Å². The van der Waals surface area contributed by atoms with Crippen LogP contribution in [0.1, 0.15) is 27.2 Å². The first kappa shape index (κ1) is 15.2. The summed E-state index contributed by atoms with van der Waals surface area (Å²) in [5.41, 5.74) is -0.459. The van der Waals surface area contributed by atoms with Crippen LogP contribution in [0.2, 0.25) is 0 Å². The van der Waals surface area contributed by atoms with E-state index < -0.39 is 5.60 Å². The normalized spacial score (nSPS) is 23.0. The molecular formula is C12H24N2O4. The van der Waals surface area contributed by atoms with E-state index in [0.717, 1.165) is 6.42 Å². The topological polar surface area (TPSA) is 68.8 Å². The Hall–Kier alpha value is -0.850. The van der Waals surface area contributed by atoms with Crippen molar-refractivity contribution in [2.24, 2.45) is 0 Å². The molecule has 1 amide bonds. The lowest BCUT2D eigenvalue weighted by Gasteiger charge is -2.20. The maximum atomic E-state index is 11.5. The lowest BCUT2D eigenvalue weighted by molar-refractivity contribution is -0.0989. The summed E-state index contributed by atoms with van der Waals surface area (Å²) in [4.78, 5) is 11.5. The Labute approximate surface area is 108 Å². The lowest BCUT2D eigenvalue weighted by Crippen LogP contribution is -2.38. The molecular weight excluding hydrogens is 236 g/mol. The smallest absolute Gasteiger partial charge is 0.407 e. The molecule has 2 atom stereocenters. The first-order chi connectivity index (χ1) is 8.35. The zero-order chi connectivity index (χ0) is 13.8. The second kappa shape index (κ2) is 6.36. The second-order valence-corrected chi connectivity index (χ2v) is 5.40. The number of nitrogens with one attached hydrogen (secondary N) is 2. The van der Waals surface area contributed by atoms with Gasteiger partial charge in [-0.1, -0.05) is 0 Å². The van der Waals surface area contributed by atoms with Crippen molar-refractivity contribution in [1.82, 2.24) is 10.6 Å². The monoisotopic (exact) mass is 260 g/mol. The summed E-state index contributed by atoms with van der Waals surface area (Å²) in [5, 5.41) is 6.07. The first-order valence-electron chi connectivity index (χ1n) is 6.14. The molecule has 18 heavy (non-hydrogen) atoms. The largest absolute Gasteiger partial charge is 0.444 e. The van der Waals surface area contributed by atoms with Crippen molar-refractivity contribution < 1.29 is 19.0 Å². The number of ether oxygens (including phenoxy) is 3. The van der Waals surface area contributed by atoms with Gasteiger partial charge in [-0.15, -0.1) is 0 Å². The first-order valence-corrected chi connectivity index (χ1v) is 6.14. The Morgan fingerprint density at radius 2 is 1.89 bits per heavy atom. The minimum atomic E-state index is -0.459. The number of hydrogen-bond acceptors (Lipinski definition) is 5. The van der Waals surface area contributed by atoms with Crippen molar-refractivity contribution in [3.8, 4) is 0 Å². The summed E-state index contributed by atoms with van der Waals surface area (Å²) in [6.45, 7) is 6.13. The molecule has 0 saturated heterocycles. The van der Waals surface area contributed by atoms with Crippen molar-refractivity contribution in [1.29, 1.82) is 0 Å². The molecule has 6 nitrogen and oxygen atoms in total. The Balaban J connectivity index is 2.15. The van der Waals surface area contributed by atoms with E-state index in [1.807, 2.05) is 20.8 Å². The highest BCUT2D eigenvalue weighted by Gasteiger charge is 2.39. The molecule has 0 aromatic rings. The zero-order valence-corrected chi connectivity index (χ0v) is 11.8. The highest BCUT2D eigenvalue weighted by molar-refractivity contribution is 5.68. The quantitative estimate of drug-likeness (QED) is 0.693. The molecule has 0 radical (unpaired) electrons. The summed E-state index contributed by atoms with van der Waals surface area (Å²) < 4.78 is 15.3. The third-order valence-electron chi connectivity index (χ3n) is 2.57. The van der Waals surface area contributed by atoms with E-state index in [9.17, 15) is 4.79 Å². The summed E-state index contributed by atoms with van der Waals surface area (Å²) in [7, 11) is 3.19. The Morgan fingerprint density at radius 3 is 2.39 bits per heavy atom. The molecule has 0 aromatic carbocycles. The molecule has 2 unspecified atom stereocenters. The van der Waals surface area contributed by atoms with Crippen LogP contribution in [0.4, 0.5) is 4.79 Å². The average molecular weight is 260 g/mol. The number of methoxy groups -OCH3 is 2. The van der Waals surface area contributed by atoms with Gasteiger partial charge in [-0.2, -0.15) is 0 Å². The molecule has 0 spiro atoms. The molecule has 0 aromatic heterocycles. The highest BCUT2D eigenvalue weighted by Crippen LogP contribution is 2.21. The molecule has 106 valence electrons. The molecule has 2 N–H and O–H groups in total. The van der Waals surface area contributed by atoms with Crippen molar-refractivity contribution in [3.05, 3.63) is 0 Å². The van der Waals surface area contributed by atoms with Crippen LogP contribution in [0.5, 0.6) is 0 Å². The van der Waals surface area contributed by atoms with Gasteiger partial charge in [0.1, 0.15) is 5.60 Å². The Morgan fingerprint density at radius 1 is 1.28 bits per heavy atom. The van der Waals surface area contributed by atoms with E-state index in [0.29, 0.717) is 6.54 Å². The number of amides is 1. The van der Waals surface area contributed by atoms with Crippen LogP contribution in [0, 0.1) is 0 Å². The van der Waals surface area contributed by atoms with Crippen LogP contribution in [-0.4, -0.2) is 50.8 Å². The second-order valence-electron chi connectivity index (χ2n) is 5.40. The molecule has 0 heterocycles. The van der Waals surface area contributed by atoms with Crippen LogP contribution >= 0.6 is 0 Å². The van der Waals surface area contributed by atoms with Crippen molar-refractivity contribution in [3.63, 3.8) is 0 Å². The van der Waals surface area contributed by atoms with Gasteiger partial charge in [-0.25, -0.2) is 4.79 Å². The lowest BCUT2D eigenvalue weighted by atomic mass is 10.2. The number of hydrogen-bond donors (Lipinski definition) is 2. The van der Waals surface area contributed by atoms with Gasteiger partial charge < -0.3 is 24.8 Å². The third kappa shape index (κ3) is 5.66. The number of carbonyl (C=O) groups excluding carboxylic acids is 1. The molecule has 6 heteroatoms. The van der Waals surface area contributed by atoms with Crippen molar-refractivity contribution in [2.45, 2.75) is 51.2 Å². The minimum absolute atomic E-state index is 0.134. The molecule has 0 aliphatic heterocycles. The number of carbonyl (C=O) groups is 1. The van der Waals surface area contributed by atoms with Crippen LogP contribution in [-0.2, 0) is 14.2 Å². The van der Waals surface area contributed by atoms with Gasteiger partial charge in [0.2, 0.25) is 0 Å². The SMILES string of the molecule is COC(CNC1CC1NC(=O)OC(C)(C)C)OC. The Bertz CT molecular complexity index is 274. The van der Waals surface area contributed by atoms with E-state index >= 15 is 0 Å². The summed E-state index contributed by atoms with van der Waals surface area (Å²) >= 11 is 0. The third-order valence-corrected chi connectivity index (χ3v) is 2.57. The maximum absolute atomic E-state index is 11.5. The van der Waals surface area contributed by atoms with Crippen molar-refractivity contribution in [2.75, 3.05) is 20.8 Å². The van der Waals surface area contributed by atoms with Crippen LogP contribution in [0.15, 0.2) is 0 Å². The van der Waals surface area contributed by atoms with Gasteiger partial charge in [-0.05, 0) is 27.2 Å². The Kier molecular flexibility index (Phi) is 5.37. The average Bonchev–Trinajstić information content (AvgIpc) is 2.95. The molecule has 1 rings (SSSR count). The molecule has 1 saturated carbocycles. The predicted molar refractivity (Wildman–Crippen MR) is 67.4 cm³/mol. The van der Waals surface area contributed by atoms with E-state index in [1.165, 1.54) is 0 Å². The predicted octanol–water partition coefficient (Wildman–Crippen LogP) is 0.861. The van der Waals surface area contributed by atoms with E-state index in [2.05, 4.69) is 10.6 Å². The van der Waals surface area contributed by atoms with E-state index in [1.54, 1.807) is 14.2 Å². The van der Waals surface area contributed by atoms with Gasteiger partial charge in [0.15, 0.2) is 6.29 Å². The standard InChI is InChI=1S/C12H24N2O4/c1-12(2,3)18-11(15)14-9-6-8(9)13-7-10(16-4)17-5/h8-10,13H,6-7H2,1-5H3,(H,14,15). The van der Waals surface area contributed by atoms with Gasteiger partial charge in [0.25, 0.3) is 0 Å². The van der Waals surface area contributed by atoms with Gasteiger partial charge >= 0.3 is 6.09 Å².